The van der Waals surface area contributed by atoms with E-state index in [9.17, 15) is 28.0 Å². The van der Waals surface area contributed by atoms with Crippen molar-refractivity contribution in [1.29, 1.82) is 0 Å². The first-order chi connectivity index (χ1) is 19.6. The Bertz CT molecular complexity index is 1530. The SMILES string of the molecule is CCOc1cc(/C=C2/SC(=O)N(CC(=O)Nc3cccc(F)c3)C2=O)cc(I)c1OCC(=O)Nc1ccc(F)cc1. The fourth-order valence-corrected chi connectivity index (χ4v) is 5.26. The number of amides is 4. The van der Waals surface area contributed by atoms with Crippen molar-refractivity contribution in [2.75, 3.05) is 30.4 Å². The number of carbonyl (C=O) groups excluding carboxylic acids is 4. The summed E-state index contributed by atoms with van der Waals surface area (Å²) in [6, 6.07) is 13.8. The summed E-state index contributed by atoms with van der Waals surface area (Å²) in [5, 5.41) is 4.44. The van der Waals surface area contributed by atoms with Crippen LogP contribution in [0.1, 0.15) is 12.5 Å². The van der Waals surface area contributed by atoms with Gasteiger partial charge in [-0.3, -0.25) is 24.1 Å². The molecule has 2 N–H and O–H groups in total. The van der Waals surface area contributed by atoms with E-state index in [2.05, 4.69) is 10.6 Å². The van der Waals surface area contributed by atoms with Crippen molar-refractivity contribution >= 4 is 74.8 Å². The lowest BCUT2D eigenvalue weighted by Crippen LogP contribution is -2.36. The highest BCUT2D eigenvalue weighted by atomic mass is 127. The molecule has 41 heavy (non-hydrogen) atoms. The third-order valence-corrected chi connectivity index (χ3v) is 7.10. The maximum Gasteiger partial charge on any atom is 0.294 e. The number of hydrogen-bond donors (Lipinski definition) is 2. The minimum absolute atomic E-state index is 0.0964. The maximum absolute atomic E-state index is 13.4. The Balaban J connectivity index is 1.44. The maximum atomic E-state index is 13.4. The molecule has 212 valence electrons. The van der Waals surface area contributed by atoms with Crippen LogP contribution < -0.4 is 20.1 Å². The predicted molar refractivity (Wildman–Crippen MR) is 159 cm³/mol. The van der Waals surface area contributed by atoms with Crippen LogP contribution in [0.2, 0.25) is 0 Å². The molecule has 1 aliphatic heterocycles. The van der Waals surface area contributed by atoms with E-state index in [0.717, 1.165) is 11.0 Å². The van der Waals surface area contributed by atoms with Gasteiger partial charge in [0.15, 0.2) is 18.1 Å². The summed E-state index contributed by atoms with van der Waals surface area (Å²) in [5.41, 5.74) is 1.14. The number of hydrogen-bond acceptors (Lipinski definition) is 7. The molecule has 1 heterocycles. The van der Waals surface area contributed by atoms with Gasteiger partial charge in [-0.1, -0.05) is 6.07 Å². The summed E-state index contributed by atoms with van der Waals surface area (Å²) in [6.07, 6.45) is 1.49. The molecule has 0 aromatic heterocycles. The van der Waals surface area contributed by atoms with Crippen LogP contribution in [-0.2, 0) is 14.4 Å². The molecule has 1 saturated heterocycles. The lowest BCUT2D eigenvalue weighted by atomic mass is 10.2. The second kappa shape index (κ2) is 13.6. The molecule has 0 aliphatic carbocycles. The summed E-state index contributed by atoms with van der Waals surface area (Å²) in [4.78, 5) is 51.0. The summed E-state index contributed by atoms with van der Waals surface area (Å²) < 4.78 is 38.4. The van der Waals surface area contributed by atoms with Crippen molar-refractivity contribution in [2.24, 2.45) is 0 Å². The molecule has 13 heteroatoms. The minimum atomic E-state index is -0.655. The molecule has 4 amide bonds. The number of nitrogens with zero attached hydrogens (tertiary/aromatic N) is 1. The van der Waals surface area contributed by atoms with Crippen LogP contribution in [0.5, 0.6) is 11.5 Å². The van der Waals surface area contributed by atoms with Crippen LogP contribution >= 0.6 is 34.4 Å². The van der Waals surface area contributed by atoms with Crippen LogP contribution in [-0.4, -0.2) is 47.6 Å². The molecule has 0 saturated carbocycles. The number of imide groups is 1. The van der Waals surface area contributed by atoms with Crippen LogP contribution in [0.15, 0.2) is 65.6 Å². The molecule has 3 aromatic carbocycles. The highest BCUT2D eigenvalue weighted by molar-refractivity contribution is 14.1. The van der Waals surface area contributed by atoms with E-state index in [1.54, 1.807) is 19.1 Å². The molecule has 0 unspecified atom stereocenters. The van der Waals surface area contributed by atoms with Crippen molar-refractivity contribution in [3.05, 3.63) is 86.3 Å². The van der Waals surface area contributed by atoms with Gasteiger partial charge >= 0.3 is 0 Å². The Morgan fingerprint density at radius 1 is 0.951 bits per heavy atom. The lowest BCUT2D eigenvalue weighted by Gasteiger charge is -2.15. The average Bonchev–Trinajstić information content (AvgIpc) is 3.17. The quantitative estimate of drug-likeness (QED) is 0.208. The number of rotatable bonds is 10. The van der Waals surface area contributed by atoms with E-state index >= 15 is 0 Å². The summed E-state index contributed by atoms with van der Waals surface area (Å²) >= 11 is 2.68. The molecule has 9 nitrogen and oxygen atoms in total. The normalized spacial score (nSPS) is 13.9. The number of thioether (sulfide) groups is 1. The molecular weight excluding hydrogens is 671 g/mol. The van der Waals surface area contributed by atoms with Crippen molar-refractivity contribution in [3.63, 3.8) is 0 Å². The Morgan fingerprint density at radius 2 is 1.68 bits per heavy atom. The fraction of sp³-hybridized carbons (Fsp3) is 0.143. The zero-order valence-electron chi connectivity index (χ0n) is 21.4. The number of anilines is 2. The van der Waals surface area contributed by atoms with Gasteiger partial charge in [0, 0.05) is 11.4 Å². The monoisotopic (exact) mass is 693 g/mol. The Labute approximate surface area is 251 Å². The summed E-state index contributed by atoms with van der Waals surface area (Å²) in [5.74, 6) is -2.12. The van der Waals surface area contributed by atoms with Gasteiger partial charge in [-0.05, 0) is 108 Å². The zero-order valence-corrected chi connectivity index (χ0v) is 24.4. The van der Waals surface area contributed by atoms with E-state index < -0.39 is 41.1 Å². The highest BCUT2D eigenvalue weighted by Crippen LogP contribution is 2.37. The lowest BCUT2D eigenvalue weighted by molar-refractivity contribution is -0.127. The smallest absolute Gasteiger partial charge is 0.294 e. The van der Waals surface area contributed by atoms with Crippen LogP contribution in [0.3, 0.4) is 0 Å². The molecular formula is C28H22F2IN3O6S. The topological polar surface area (TPSA) is 114 Å². The first-order valence-corrected chi connectivity index (χ1v) is 14.0. The Hall–Kier alpha value is -3.98. The second-order valence-corrected chi connectivity index (χ2v) is 10.6. The first-order valence-electron chi connectivity index (χ1n) is 12.1. The van der Waals surface area contributed by atoms with E-state index in [-0.39, 0.29) is 23.8 Å². The van der Waals surface area contributed by atoms with Crippen molar-refractivity contribution in [3.8, 4) is 11.5 Å². The van der Waals surface area contributed by atoms with Gasteiger partial charge in [0.1, 0.15) is 18.2 Å². The molecule has 0 atom stereocenters. The van der Waals surface area contributed by atoms with Gasteiger partial charge < -0.3 is 20.1 Å². The van der Waals surface area contributed by atoms with E-state index in [1.165, 1.54) is 48.5 Å². The number of benzene rings is 3. The highest BCUT2D eigenvalue weighted by Gasteiger charge is 2.36. The van der Waals surface area contributed by atoms with Gasteiger partial charge in [-0.2, -0.15) is 0 Å². The largest absolute Gasteiger partial charge is 0.490 e. The molecule has 0 bridgehead atoms. The molecule has 0 spiro atoms. The molecule has 4 rings (SSSR count). The van der Waals surface area contributed by atoms with Crippen LogP contribution in [0, 0.1) is 15.2 Å². The van der Waals surface area contributed by atoms with E-state index in [0.29, 0.717) is 38.1 Å². The number of carbonyl (C=O) groups is 4. The fourth-order valence-electron chi connectivity index (χ4n) is 3.64. The van der Waals surface area contributed by atoms with Crippen molar-refractivity contribution in [1.82, 2.24) is 4.90 Å². The third kappa shape index (κ3) is 8.04. The summed E-state index contributed by atoms with van der Waals surface area (Å²) in [6.45, 7) is 1.18. The molecule has 3 aromatic rings. The average molecular weight is 693 g/mol. The first kappa shape index (κ1) is 30.0. The van der Waals surface area contributed by atoms with Crippen molar-refractivity contribution in [2.45, 2.75) is 6.92 Å². The number of ether oxygens (including phenoxy) is 2. The van der Waals surface area contributed by atoms with Gasteiger partial charge in [0.05, 0.1) is 15.1 Å². The van der Waals surface area contributed by atoms with Gasteiger partial charge in [0.2, 0.25) is 5.91 Å². The standard InChI is InChI=1S/C28H22F2IN3O6S/c1-2-39-22-11-16(10-21(31)26(22)40-15-25(36)32-19-8-6-17(29)7-9-19)12-23-27(37)34(28(38)41-23)14-24(35)33-20-5-3-4-18(30)13-20/h3-13H,2,14-15H2,1H3,(H,32,36)(H,33,35)/b23-12+. The summed E-state index contributed by atoms with van der Waals surface area (Å²) in [7, 11) is 0. The second-order valence-electron chi connectivity index (χ2n) is 8.43. The zero-order chi connectivity index (χ0) is 29.5. The Morgan fingerprint density at radius 3 is 2.39 bits per heavy atom. The van der Waals surface area contributed by atoms with Gasteiger partial charge in [-0.25, -0.2) is 8.78 Å². The molecule has 1 aliphatic rings. The Kier molecular flexibility index (Phi) is 9.94. The molecule has 0 radical (unpaired) electrons. The number of halogens is 3. The number of nitrogens with one attached hydrogen (secondary N) is 2. The van der Waals surface area contributed by atoms with Crippen molar-refractivity contribution < 1.29 is 37.4 Å². The van der Waals surface area contributed by atoms with Gasteiger partial charge in [-0.15, -0.1) is 0 Å². The van der Waals surface area contributed by atoms with Gasteiger partial charge in [0.25, 0.3) is 17.1 Å². The van der Waals surface area contributed by atoms with E-state index in [1.807, 2.05) is 22.6 Å². The van der Waals surface area contributed by atoms with Crippen LogP contribution in [0.25, 0.3) is 6.08 Å². The van der Waals surface area contributed by atoms with Crippen LogP contribution in [0.4, 0.5) is 25.0 Å². The minimum Gasteiger partial charge on any atom is -0.490 e. The molecule has 1 fully saturated rings. The third-order valence-electron chi connectivity index (χ3n) is 5.39. The predicted octanol–water partition coefficient (Wildman–Crippen LogP) is 5.66. The van der Waals surface area contributed by atoms with E-state index in [4.69, 9.17) is 9.47 Å².